The molecular weight excluding hydrogens is 409 g/mol. The number of anilines is 3. The maximum Gasteiger partial charge on any atom is 0.573 e. The molecule has 0 fully saturated rings. The molecule has 2 aromatic carbocycles. The summed E-state index contributed by atoms with van der Waals surface area (Å²) in [5.74, 6) is -0.0855. The number of aromatic nitrogens is 1. The topological polar surface area (TPSA) is 89.3 Å². The highest BCUT2D eigenvalue weighted by molar-refractivity contribution is 6.03. The molecule has 3 rings (SSSR count). The van der Waals surface area contributed by atoms with Crippen molar-refractivity contribution < 1.29 is 22.7 Å². The molecule has 0 spiro atoms. The highest BCUT2D eigenvalue weighted by Crippen LogP contribution is 2.23. The molecule has 0 atom stereocenters. The summed E-state index contributed by atoms with van der Waals surface area (Å²) >= 11 is 0. The molecule has 4 N–H and O–H groups in total. The van der Waals surface area contributed by atoms with Gasteiger partial charge in [0, 0.05) is 18.8 Å². The van der Waals surface area contributed by atoms with E-state index < -0.39 is 6.36 Å². The highest BCUT2D eigenvalue weighted by Gasteiger charge is 2.31. The van der Waals surface area contributed by atoms with E-state index in [1.165, 1.54) is 24.3 Å². The van der Waals surface area contributed by atoms with Crippen LogP contribution in [0.2, 0.25) is 0 Å². The lowest BCUT2D eigenvalue weighted by Gasteiger charge is -2.11. The first-order chi connectivity index (χ1) is 14.8. The van der Waals surface area contributed by atoms with E-state index >= 15 is 0 Å². The Morgan fingerprint density at radius 2 is 1.90 bits per heavy atom. The number of benzene rings is 2. The number of hydrogen-bond donors (Lipinski definition) is 3. The molecule has 0 bridgehead atoms. The lowest BCUT2D eigenvalue weighted by molar-refractivity contribution is -0.274. The maximum absolute atomic E-state index is 12.3. The monoisotopic (exact) mass is 428 g/mol. The zero-order chi connectivity index (χ0) is 22.3. The molecule has 0 aliphatic heterocycles. The molecule has 0 unspecified atom stereocenters. The lowest BCUT2D eigenvalue weighted by Crippen LogP contribution is -2.17. The van der Waals surface area contributed by atoms with Crippen molar-refractivity contribution >= 4 is 29.2 Å². The summed E-state index contributed by atoms with van der Waals surface area (Å²) < 4.78 is 40.9. The molecule has 1 amide bonds. The van der Waals surface area contributed by atoms with Crippen LogP contribution in [0.25, 0.3) is 6.08 Å². The fourth-order valence-electron chi connectivity index (χ4n) is 2.61. The number of nitrogens with two attached hydrogens (primary N) is 1. The Kier molecular flexibility index (Phi) is 6.76. The Balaban J connectivity index is 1.53. The van der Waals surface area contributed by atoms with Crippen molar-refractivity contribution in [2.24, 2.45) is 0 Å². The summed E-state index contributed by atoms with van der Waals surface area (Å²) in [6.07, 6.45) is -0.209. The minimum absolute atomic E-state index is 0.262. The van der Waals surface area contributed by atoms with Crippen LogP contribution in [0.15, 0.2) is 72.9 Å². The quantitative estimate of drug-likeness (QED) is 0.371. The molecule has 6 nitrogen and oxygen atoms in total. The third-order valence-electron chi connectivity index (χ3n) is 4.04. The van der Waals surface area contributed by atoms with Gasteiger partial charge in [-0.05, 0) is 53.6 Å². The summed E-state index contributed by atoms with van der Waals surface area (Å²) in [7, 11) is 0. The zero-order valence-corrected chi connectivity index (χ0v) is 16.2. The van der Waals surface area contributed by atoms with Gasteiger partial charge in [0.05, 0.1) is 11.4 Å². The predicted molar refractivity (Wildman–Crippen MR) is 113 cm³/mol. The van der Waals surface area contributed by atoms with Crippen molar-refractivity contribution in [3.8, 4) is 5.75 Å². The number of nitrogens with zero attached hydrogens (tertiary/aromatic N) is 1. The first-order valence-corrected chi connectivity index (χ1v) is 9.17. The number of nitrogen functional groups attached to an aromatic ring is 1. The van der Waals surface area contributed by atoms with Gasteiger partial charge in [0.1, 0.15) is 11.6 Å². The number of pyridine rings is 1. The van der Waals surface area contributed by atoms with Crippen LogP contribution in [0.1, 0.15) is 11.1 Å². The van der Waals surface area contributed by atoms with Gasteiger partial charge >= 0.3 is 6.36 Å². The van der Waals surface area contributed by atoms with Crippen molar-refractivity contribution in [2.75, 3.05) is 16.4 Å². The second-order valence-electron chi connectivity index (χ2n) is 6.44. The van der Waals surface area contributed by atoms with Gasteiger partial charge in [-0.15, -0.1) is 13.2 Å². The molecule has 1 aromatic heterocycles. The predicted octanol–water partition coefficient (Wildman–Crippen LogP) is 4.83. The van der Waals surface area contributed by atoms with Gasteiger partial charge in [-0.3, -0.25) is 4.79 Å². The van der Waals surface area contributed by atoms with Crippen molar-refractivity contribution in [1.82, 2.24) is 4.98 Å². The summed E-state index contributed by atoms with van der Waals surface area (Å²) in [6.45, 7) is 0.262. The number of nitrogens with one attached hydrogen (secondary N) is 2. The highest BCUT2D eigenvalue weighted by atomic mass is 19.4. The van der Waals surface area contributed by atoms with Crippen LogP contribution in [0.5, 0.6) is 5.75 Å². The van der Waals surface area contributed by atoms with E-state index in [0.717, 1.165) is 0 Å². The van der Waals surface area contributed by atoms with E-state index in [1.54, 1.807) is 54.7 Å². The molecule has 0 aliphatic carbocycles. The number of amides is 1. The van der Waals surface area contributed by atoms with Crippen molar-refractivity contribution in [1.29, 1.82) is 0 Å². The average Bonchev–Trinajstić information content (AvgIpc) is 2.72. The van der Waals surface area contributed by atoms with E-state index in [0.29, 0.717) is 28.3 Å². The minimum atomic E-state index is -4.73. The van der Waals surface area contributed by atoms with Crippen LogP contribution in [0.3, 0.4) is 0 Å². The number of carbonyl (C=O) groups is 1. The maximum atomic E-state index is 12.3. The number of ether oxygens (including phenoxy) is 1. The first-order valence-electron chi connectivity index (χ1n) is 9.17. The Hall–Kier alpha value is -4.01. The largest absolute Gasteiger partial charge is 0.573 e. The number of halogens is 3. The second kappa shape index (κ2) is 9.66. The summed E-state index contributed by atoms with van der Waals surface area (Å²) in [4.78, 5) is 16.2. The number of alkyl halides is 3. The normalized spacial score (nSPS) is 11.3. The van der Waals surface area contributed by atoms with Gasteiger partial charge in [-0.25, -0.2) is 4.98 Å². The smallest absolute Gasteiger partial charge is 0.406 e. The van der Waals surface area contributed by atoms with Crippen molar-refractivity contribution in [2.45, 2.75) is 12.9 Å². The molecule has 0 saturated carbocycles. The molecule has 160 valence electrons. The van der Waals surface area contributed by atoms with Gasteiger partial charge in [0.25, 0.3) is 0 Å². The number of para-hydroxylation sites is 2. The summed E-state index contributed by atoms with van der Waals surface area (Å²) in [5, 5.41) is 5.70. The molecule has 31 heavy (non-hydrogen) atoms. The van der Waals surface area contributed by atoms with Crippen LogP contribution in [0.4, 0.5) is 30.4 Å². The van der Waals surface area contributed by atoms with Gasteiger partial charge in [0.15, 0.2) is 0 Å². The molecule has 3 aromatic rings. The van der Waals surface area contributed by atoms with Crippen LogP contribution in [0, 0.1) is 0 Å². The molecule has 0 saturated heterocycles. The van der Waals surface area contributed by atoms with Crippen LogP contribution >= 0.6 is 0 Å². The number of rotatable bonds is 7. The molecule has 0 aliphatic rings. The Labute approximate surface area is 176 Å². The fourth-order valence-corrected chi connectivity index (χ4v) is 2.61. The summed E-state index contributed by atoms with van der Waals surface area (Å²) in [5.41, 5.74) is 8.08. The molecule has 1 heterocycles. The second-order valence-corrected chi connectivity index (χ2v) is 6.44. The SMILES string of the molecule is Nc1ccccc1NC(=O)C=Cc1ccc(NCc2cccc(OC(F)(F)F)c2)nc1. The third kappa shape index (κ3) is 7.07. The fraction of sp³-hybridized carbons (Fsp3) is 0.0909. The average molecular weight is 428 g/mol. The van der Waals surface area contributed by atoms with Crippen LogP contribution < -0.4 is 21.1 Å². The van der Waals surface area contributed by atoms with Gasteiger partial charge in [-0.1, -0.05) is 24.3 Å². The van der Waals surface area contributed by atoms with Gasteiger partial charge < -0.3 is 21.1 Å². The van der Waals surface area contributed by atoms with E-state index in [1.807, 2.05) is 0 Å². The molecular formula is C22H19F3N4O2. The summed E-state index contributed by atoms with van der Waals surface area (Å²) in [6, 6.07) is 16.1. The van der Waals surface area contributed by atoms with Gasteiger partial charge in [-0.2, -0.15) is 0 Å². The zero-order valence-electron chi connectivity index (χ0n) is 16.2. The van der Waals surface area contributed by atoms with Crippen molar-refractivity contribution in [3.63, 3.8) is 0 Å². The number of hydrogen-bond acceptors (Lipinski definition) is 5. The van der Waals surface area contributed by atoms with Crippen molar-refractivity contribution in [3.05, 3.63) is 84.1 Å². The van der Waals surface area contributed by atoms with Gasteiger partial charge in [0.2, 0.25) is 5.91 Å². The lowest BCUT2D eigenvalue weighted by atomic mass is 10.2. The van der Waals surface area contributed by atoms with E-state index in [4.69, 9.17) is 5.73 Å². The number of carbonyl (C=O) groups excluding carboxylic acids is 1. The Morgan fingerprint density at radius 3 is 2.61 bits per heavy atom. The molecule has 9 heteroatoms. The Morgan fingerprint density at radius 1 is 1.10 bits per heavy atom. The van der Waals surface area contributed by atoms with Crippen LogP contribution in [-0.4, -0.2) is 17.3 Å². The first kappa shape index (κ1) is 21.7. The third-order valence-corrected chi connectivity index (χ3v) is 4.04. The van der Waals surface area contributed by atoms with Crippen LogP contribution in [-0.2, 0) is 11.3 Å². The molecule has 0 radical (unpaired) electrons. The Bertz CT molecular complexity index is 1070. The van der Waals surface area contributed by atoms with E-state index in [-0.39, 0.29) is 18.2 Å². The standard InChI is InChI=1S/C22H19F3N4O2/c23-22(24,25)31-17-5-3-4-16(12-17)14-28-20-10-8-15(13-27-20)9-11-21(30)29-19-7-2-1-6-18(19)26/h1-13H,14,26H2,(H,27,28)(H,29,30). The minimum Gasteiger partial charge on any atom is -0.406 e. The van der Waals surface area contributed by atoms with E-state index in [2.05, 4.69) is 20.4 Å². The van der Waals surface area contributed by atoms with E-state index in [9.17, 15) is 18.0 Å².